The van der Waals surface area contributed by atoms with Gasteiger partial charge in [-0.1, -0.05) is 20.8 Å². The molecule has 0 unspecified atom stereocenters. The molecule has 0 spiro atoms. The number of piperidine rings is 1. The minimum absolute atomic E-state index is 0.0634. The van der Waals surface area contributed by atoms with E-state index in [-0.39, 0.29) is 23.5 Å². The number of carbonyl (C=O) groups excluding carboxylic acids is 2. The van der Waals surface area contributed by atoms with Gasteiger partial charge in [0.2, 0.25) is 5.91 Å². The Morgan fingerprint density at radius 1 is 1.25 bits per heavy atom. The van der Waals surface area contributed by atoms with E-state index in [0.717, 1.165) is 19.3 Å². The van der Waals surface area contributed by atoms with Crippen LogP contribution in [0.5, 0.6) is 0 Å². The zero-order chi connectivity index (χ0) is 15.5. The van der Waals surface area contributed by atoms with Crippen LogP contribution in [0.2, 0.25) is 0 Å². The Bertz CT molecular complexity index is 353. The van der Waals surface area contributed by atoms with Gasteiger partial charge in [0.1, 0.15) is 6.04 Å². The molecule has 1 aliphatic rings. The Kier molecular flexibility index (Phi) is 5.42. The first-order valence-corrected chi connectivity index (χ1v) is 7.50. The maximum Gasteiger partial charge on any atom is 0.318 e. The standard InChI is InChI=1S/C15H29N3O2/c1-10-7-6-8-11(2)18(10)14(20)17-12(13(16)19)9-15(3,4)5/h10-12H,6-9H2,1-5H3,(H2,16,19)(H,17,20)/t10-,11+,12-/m0/s1. The number of carbonyl (C=O) groups is 2. The second-order valence-electron chi connectivity index (χ2n) is 7.21. The summed E-state index contributed by atoms with van der Waals surface area (Å²) in [7, 11) is 0. The number of urea groups is 1. The predicted molar refractivity (Wildman–Crippen MR) is 80.2 cm³/mol. The lowest BCUT2D eigenvalue weighted by molar-refractivity contribution is -0.120. The van der Waals surface area contributed by atoms with Gasteiger partial charge in [-0.25, -0.2) is 4.79 Å². The number of hydrogen-bond donors (Lipinski definition) is 2. The normalized spacial score (nSPS) is 25.1. The molecule has 3 amide bonds. The lowest BCUT2D eigenvalue weighted by Crippen LogP contribution is -2.56. The highest BCUT2D eigenvalue weighted by Gasteiger charge is 2.32. The molecule has 5 heteroatoms. The van der Waals surface area contributed by atoms with E-state index in [0.29, 0.717) is 6.42 Å². The van der Waals surface area contributed by atoms with Crippen molar-refractivity contribution < 1.29 is 9.59 Å². The van der Waals surface area contributed by atoms with E-state index in [1.165, 1.54) is 0 Å². The summed E-state index contributed by atoms with van der Waals surface area (Å²) in [5.74, 6) is -0.467. The third-order valence-corrected chi connectivity index (χ3v) is 3.89. The topological polar surface area (TPSA) is 75.4 Å². The zero-order valence-electron chi connectivity index (χ0n) is 13.4. The van der Waals surface area contributed by atoms with Crippen molar-refractivity contribution in [2.24, 2.45) is 11.1 Å². The first-order chi connectivity index (χ1) is 9.11. The quantitative estimate of drug-likeness (QED) is 0.833. The average molecular weight is 283 g/mol. The molecule has 1 heterocycles. The molecular formula is C15H29N3O2. The van der Waals surface area contributed by atoms with Gasteiger partial charge in [0, 0.05) is 12.1 Å². The van der Waals surface area contributed by atoms with E-state index in [1.54, 1.807) is 0 Å². The molecular weight excluding hydrogens is 254 g/mol. The Hall–Kier alpha value is -1.26. The second-order valence-corrected chi connectivity index (χ2v) is 7.21. The van der Waals surface area contributed by atoms with Crippen molar-refractivity contribution >= 4 is 11.9 Å². The van der Waals surface area contributed by atoms with Gasteiger partial charge >= 0.3 is 6.03 Å². The Balaban J connectivity index is 2.72. The minimum Gasteiger partial charge on any atom is -0.368 e. The molecule has 5 nitrogen and oxygen atoms in total. The molecule has 0 aliphatic carbocycles. The molecule has 3 N–H and O–H groups in total. The molecule has 116 valence electrons. The molecule has 3 atom stereocenters. The van der Waals surface area contributed by atoms with Crippen molar-refractivity contribution in [2.45, 2.75) is 78.4 Å². The van der Waals surface area contributed by atoms with Crippen LogP contribution in [0.3, 0.4) is 0 Å². The molecule has 0 aromatic rings. The van der Waals surface area contributed by atoms with Crippen molar-refractivity contribution in [2.75, 3.05) is 0 Å². The van der Waals surface area contributed by atoms with Crippen LogP contribution in [0, 0.1) is 5.41 Å². The first-order valence-electron chi connectivity index (χ1n) is 7.50. The second kappa shape index (κ2) is 6.46. The maximum absolute atomic E-state index is 12.4. The van der Waals surface area contributed by atoms with Crippen molar-refractivity contribution in [1.82, 2.24) is 10.2 Å². The van der Waals surface area contributed by atoms with Gasteiger partial charge in [-0.3, -0.25) is 4.79 Å². The minimum atomic E-state index is -0.608. The molecule has 1 rings (SSSR count). The number of nitrogens with one attached hydrogen (secondary N) is 1. The van der Waals surface area contributed by atoms with Crippen molar-refractivity contribution in [1.29, 1.82) is 0 Å². The molecule has 1 saturated heterocycles. The van der Waals surface area contributed by atoms with Crippen LogP contribution in [-0.2, 0) is 4.79 Å². The lowest BCUT2D eigenvalue weighted by Gasteiger charge is -2.39. The van der Waals surface area contributed by atoms with Gasteiger partial charge in [-0.2, -0.15) is 0 Å². The van der Waals surface area contributed by atoms with Gasteiger partial charge in [0.25, 0.3) is 0 Å². The summed E-state index contributed by atoms with van der Waals surface area (Å²) in [5, 5.41) is 2.82. The summed E-state index contributed by atoms with van der Waals surface area (Å²) >= 11 is 0. The number of rotatable bonds is 3. The molecule has 0 radical (unpaired) electrons. The van der Waals surface area contributed by atoms with E-state index in [2.05, 4.69) is 19.2 Å². The molecule has 0 aromatic heterocycles. The van der Waals surface area contributed by atoms with Crippen LogP contribution in [0.4, 0.5) is 4.79 Å². The fourth-order valence-electron chi connectivity index (χ4n) is 2.88. The number of nitrogens with zero attached hydrogens (tertiary/aromatic N) is 1. The first kappa shape index (κ1) is 16.8. The average Bonchev–Trinajstić information content (AvgIpc) is 2.25. The highest BCUT2D eigenvalue weighted by molar-refractivity contribution is 5.86. The number of primary amides is 1. The molecule has 20 heavy (non-hydrogen) atoms. The van der Waals surface area contributed by atoms with Gasteiger partial charge in [-0.15, -0.1) is 0 Å². The summed E-state index contributed by atoms with van der Waals surface area (Å²) in [6.45, 7) is 10.2. The van der Waals surface area contributed by atoms with Crippen molar-refractivity contribution in [3.8, 4) is 0 Å². The molecule has 0 saturated carbocycles. The summed E-state index contributed by atoms with van der Waals surface area (Å²) in [5.41, 5.74) is 5.36. The summed E-state index contributed by atoms with van der Waals surface area (Å²) in [6, 6.07) is -0.356. The van der Waals surface area contributed by atoms with Gasteiger partial charge in [0.05, 0.1) is 0 Å². The van der Waals surface area contributed by atoms with E-state index >= 15 is 0 Å². The van der Waals surface area contributed by atoms with Crippen LogP contribution in [-0.4, -0.2) is 35.0 Å². The monoisotopic (exact) mass is 283 g/mol. The Morgan fingerprint density at radius 2 is 1.75 bits per heavy atom. The largest absolute Gasteiger partial charge is 0.368 e. The molecule has 0 aromatic carbocycles. The van der Waals surface area contributed by atoms with Crippen LogP contribution in [0.15, 0.2) is 0 Å². The maximum atomic E-state index is 12.4. The highest BCUT2D eigenvalue weighted by atomic mass is 16.2. The van der Waals surface area contributed by atoms with Crippen LogP contribution in [0.25, 0.3) is 0 Å². The van der Waals surface area contributed by atoms with Gasteiger partial charge < -0.3 is 16.0 Å². The summed E-state index contributed by atoms with van der Waals surface area (Å²) in [4.78, 5) is 25.8. The summed E-state index contributed by atoms with van der Waals surface area (Å²) < 4.78 is 0. The van der Waals surface area contributed by atoms with Crippen LogP contribution >= 0.6 is 0 Å². The zero-order valence-corrected chi connectivity index (χ0v) is 13.4. The number of amides is 3. The predicted octanol–water partition coefficient (Wildman–Crippen LogP) is 2.25. The fraction of sp³-hybridized carbons (Fsp3) is 0.867. The number of hydrogen-bond acceptors (Lipinski definition) is 2. The highest BCUT2D eigenvalue weighted by Crippen LogP contribution is 2.24. The molecule has 0 bridgehead atoms. The van der Waals surface area contributed by atoms with E-state index < -0.39 is 11.9 Å². The van der Waals surface area contributed by atoms with Crippen LogP contribution in [0.1, 0.15) is 60.3 Å². The smallest absolute Gasteiger partial charge is 0.318 e. The van der Waals surface area contributed by atoms with E-state index in [4.69, 9.17) is 5.73 Å². The van der Waals surface area contributed by atoms with Crippen LogP contribution < -0.4 is 11.1 Å². The third kappa shape index (κ3) is 4.69. The van der Waals surface area contributed by atoms with Gasteiger partial charge in [-0.05, 0) is 44.9 Å². The third-order valence-electron chi connectivity index (χ3n) is 3.89. The lowest BCUT2D eigenvalue weighted by atomic mass is 9.88. The fourth-order valence-corrected chi connectivity index (χ4v) is 2.88. The molecule has 1 aliphatic heterocycles. The number of nitrogens with two attached hydrogens (primary N) is 1. The molecule has 1 fully saturated rings. The SMILES string of the molecule is C[C@@H]1CCC[C@H](C)N1C(=O)N[C@@H](CC(C)(C)C)C(N)=O. The van der Waals surface area contributed by atoms with Crippen molar-refractivity contribution in [3.05, 3.63) is 0 Å². The van der Waals surface area contributed by atoms with E-state index in [9.17, 15) is 9.59 Å². The Morgan fingerprint density at radius 3 is 2.15 bits per heavy atom. The van der Waals surface area contributed by atoms with Crippen molar-refractivity contribution in [3.63, 3.8) is 0 Å². The number of likely N-dealkylation sites (tertiary alicyclic amines) is 1. The van der Waals surface area contributed by atoms with Gasteiger partial charge in [0.15, 0.2) is 0 Å². The Labute approximate surface area is 122 Å². The van der Waals surface area contributed by atoms with E-state index in [1.807, 2.05) is 25.7 Å². The summed E-state index contributed by atoms with van der Waals surface area (Å²) in [6.07, 6.45) is 3.72.